The van der Waals surface area contributed by atoms with Crippen molar-refractivity contribution >= 4 is 5.91 Å². The average molecular weight is 257 g/mol. The number of halogens is 3. The van der Waals surface area contributed by atoms with E-state index < -0.39 is 22.9 Å². The number of hydrogen-bond donors (Lipinski definition) is 1. The maximum absolute atomic E-state index is 13.3. The van der Waals surface area contributed by atoms with Crippen LogP contribution >= 0.6 is 0 Å². The minimum Gasteiger partial charge on any atom is -0.351 e. The van der Waals surface area contributed by atoms with Crippen LogP contribution in [0.3, 0.4) is 0 Å². The van der Waals surface area contributed by atoms with Crippen molar-refractivity contribution in [2.45, 2.75) is 26.8 Å². The van der Waals surface area contributed by atoms with Gasteiger partial charge in [-0.2, -0.15) is 0 Å². The van der Waals surface area contributed by atoms with Crippen molar-refractivity contribution in [2.24, 2.45) is 11.3 Å². The van der Waals surface area contributed by atoms with Crippen LogP contribution in [0.15, 0.2) is 12.1 Å². The lowest BCUT2D eigenvalue weighted by Gasteiger charge is -2.11. The molecule has 0 spiro atoms. The molecule has 1 saturated carbocycles. The van der Waals surface area contributed by atoms with E-state index in [-0.39, 0.29) is 23.9 Å². The van der Waals surface area contributed by atoms with Gasteiger partial charge in [-0.05, 0) is 18.4 Å². The fourth-order valence-corrected chi connectivity index (χ4v) is 2.01. The Bertz CT molecular complexity index is 503. The van der Waals surface area contributed by atoms with Crippen molar-refractivity contribution in [2.75, 3.05) is 0 Å². The van der Waals surface area contributed by atoms with E-state index in [1.165, 1.54) is 0 Å². The van der Waals surface area contributed by atoms with Crippen molar-refractivity contribution in [1.82, 2.24) is 5.32 Å². The number of carbonyl (C=O) groups is 1. The van der Waals surface area contributed by atoms with Gasteiger partial charge in [-0.1, -0.05) is 13.8 Å². The average Bonchev–Trinajstić information content (AvgIpc) is 2.91. The monoisotopic (exact) mass is 257 g/mol. The molecule has 0 radical (unpaired) electrons. The Morgan fingerprint density at radius 1 is 1.44 bits per heavy atom. The van der Waals surface area contributed by atoms with Crippen LogP contribution in [0.1, 0.15) is 25.8 Å². The van der Waals surface area contributed by atoms with Crippen LogP contribution < -0.4 is 5.32 Å². The van der Waals surface area contributed by atoms with Crippen LogP contribution in [-0.2, 0) is 11.3 Å². The summed E-state index contributed by atoms with van der Waals surface area (Å²) in [4.78, 5) is 11.8. The van der Waals surface area contributed by atoms with Crippen LogP contribution in [0.25, 0.3) is 0 Å². The van der Waals surface area contributed by atoms with Crippen molar-refractivity contribution < 1.29 is 18.0 Å². The highest BCUT2D eigenvalue weighted by atomic mass is 19.2. The summed E-state index contributed by atoms with van der Waals surface area (Å²) in [6, 6.07) is 1.36. The number of hydrogen-bond acceptors (Lipinski definition) is 1. The first kappa shape index (κ1) is 12.9. The van der Waals surface area contributed by atoms with E-state index in [4.69, 9.17) is 0 Å². The lowest BCUT2D eigenvalue weighted by atomic mass is 10.1. The zero-order valence-corrected chi connectivity index (χ0v) is 10.2. The van der Waals surface area contributed by atoms with Gasteiger partial charge >= 0.3 is 0 Å². The molecule has 1 aromatic rings. The van der Waals surface area contributed by atoms with Gasteiger partial charge in [0.1, 0.15) is 5.82 Å². The third kappa shape index (κ3) is 2.21. The Balaban J connectivity index is 2.05. The summed E-state index contributed by atoms with van der Waals surface area (Å²) in [5.41, 5.74) is -0.611. The van der Waals surface area contributed by atoms with E-state index >= 15 is 0 Å². The van der Waals surface area contributed by atoms with Gasteiger partial charge < -0.3 is 5.32 Å². The van der Waals surface area contributed by atoms with Gasteiger partial charge in [0.05, 0.1) is 0 Å². The number of carbonyl (C=O) groups excluding carboxylic acids is 1. The molecule has 1 aromatic carbocycles. The molecule has 0 aromatic heterocycles. The first-order valence-corrected chi connectivity index (χ1v) is 5.76. The minimum atomic E-state index is -1.25. The molecular weight excluding hydrogens is 243 g/mol. The number of amides is 1. The molecule has 18 heavy (non-hydrogen) atoms. The molecule has 0 heterocycles. The summed E-state index contributed by atoms with van der Waals surface area (Å²) < 4.78 is 39.2. The van der Waals surface area contributed by atoms with Gasteiger partial charge in [0.25, 0.3) is 0 Å². The van der Waals surface area contributed by atoms with E-state index in [1.54, 1.807) is 0 Å². The summed E-state index contributed by atoms with van der Waals surface area (Å²) in [5, 5.41) is 2.51. The predicted molar refractivity (Wildman–Crippen MR) is 60.1 cm³/mol. The first-order valence-electron chi connectivity index (χ1n) is 5.76. The van der Waals surface area contributed by atoms with Gasteiger partial charge in [-0.3, -0.25) is 4.79 Å². The van der Waals surface area contributed by atoms with Crippen LogP contribution in [-0.4, -0.2) is 5.91 Å². The van der Waals surface area contributed by atoms with E-state index in [1.807, 2.05) is 13.8 Å². The first-order chi connectivity index (χ1) is 8.34. The van der Waals surface area contributed by atoms with E-state index in [2.05, 4.69) is 5.32 Å². The fourth-order valence-electron chi connectivity index (χ4n) is 2.01. The number of benzene rings is 1. The molecule has 2 atom stereocenters. The second-order valence-corrected chi connectivity index (χ2v) is 5.07. The van der Waals surface area contributed by atoms with Gasteiger partial charge in [-0.25, -0.2) is 13.2 Å². The molecule has 1 N–H and O–H groups in total. The SMILES string of the molecule is CC1CC1(C)C(=O)NCc1cc(F)cc(F)c1F. The highest BCUT2D eigenvalue weighted by Crippen LogP contribution is 2.51. The molecule has 0 aliphatic heterocycles. The maximum Gasteiger partial charge on any atom is 0.226 e. The van der Waals surface area contributed by atoms with Crippen molar-refractivity contribution in [1.29, 1.82) is 0 Å². The van der Waals surface area contributed by atoms with Crippen LogP contribution in [0.2, 0.25) is 0 Å². The topological polar surface area (TPSA) is 29.1 Å². The van der Waals surface area contributed by atoms with Crippen molar-refractivity contribution in [3.05, 3.63) is 35.1 Å². The summed E-state index contributed by atoms with van der Waals surface area (Å²) in [5.74, 6) is -3.15. The highest BCUT2D eigenvalue weighted by molar-refractivity contribution is 5.85. The minimum absolute atomic E-state index is 0.183. The molecule has 98 valence electrons. The van der Waals surface area contributed by atoms with Crippen molar-refractivity contribution in [3.63, 3.8) is 0 Å². The maximum atomic E-state index is 13.3. The molecule has 1 fully saturated rings. The van der Waals surface area contributed by atoms with Gasteiger partial charge in [0, 0.05) is 23.6 Å². The van der Waals surface area contributed by atoms with E-state index in [0.717, 1.165) is 12.5 Å². The Morgan fingerprint density at radius 2 is 2.06 bits per heavy atom. The second kappa shape index (κ2) is 4.30. The van der Waals surface area contributed by atoms with Crippen LogP contribution in [0.4, 0.5) is 13.2 Å². The van der Waals surface area contributed by atoms with E-state index in [0.29, 0.717) is 6.07 Å². The van der Waals surface area contributed by atoms with Crippen molar-refractivity contribution in [3.8, 4) is 0 Å². The largest absolute Gasteiger partial charge is 0.351 e. The molecule has 2 nitrogen and oxygen atoms in total. The second-order valence-electron chi connectivity index (χ2n) is 5.07. The number of nitrogens with one attached hydrogen (secondary N) is 1. The predicted octanol–water partition coefficient (Wildman–Crippen LogP) is 2.77. The van der Waals surface area contributed by atoms with E-state index in [9.17, 15) is 18.0 Å². The molecule has 1 aliphatic carbocycles. The standard InChI is InChI=1S/C13H14F3NO/c1-7-5-13(7,2)12(18)17-6-8-3-9(14)4-10(15)11(8)16/h3-4,7H,5-6H2,1-2H3,(H,17,18). The molecule has 5 heteroatoms. The molecule has 1 aliphatic rings. The Hall–Kier alpha value is -1.52. The third-order valence-electron chi connectivity index (χ3n) is 3.68. The van der Waals surface area contributed by atoms with Gasteiger partial charge in [0.2, 0.25) is 5.91 Å². The smallest absolute Gasteiger partial charge is 0.226 e. The molecule has 0 bridgehead atoms. The molecule has 0 saturated heterocycles. The lowest BCUT2D eigenvalue weighted by Crippen LogP contribution is -2.31. The van der Waals surface area contributed by atoms with Gasteiger partial charge in [-0.15, -0.1) is 0 Å². The summed E-state index contributed by atoms with van der Waals surface area (Å²) in [6.07, 6.45) is 0.777. The zero-order valence-electron chi connectivity index (χ0n) is 10.2. The summed E-state index contributed by atoms with van der Waals surface area (Å²) in [6.45, 7) is 3.55. The molecule has 1 amide bonds. The fraction of sp³-hybridized carbons (Fsp3) is 0.462. The molecule has 2 unspecified atom stereocenters. The molecule has 2 rings (SSSR count). The Labute approximate surface area is 103 Å². The summed E-state index contributed by atoms with van der Waals surface area (Å²) in [7, 11) is 0. The van der Waals surface area contributed by atoms with Crippen LogP contribution in [0.5, 0.6) is 0 Å². The third-order valence-corrected chi connectivity index (χ3v) is 3.68. The highest BCUT2D eigenvalue weighted by Gasteiger charge is 2.52. The quantitative estimate of drug-likeness (QED) is 0.829. The van der Waals surface area contributed by atoms with Gasteiger partial charge in [0.15, 0.2) is 11.6 Å². The number of rotatable bonds is 3. The normalized spacial score (nSPS) is 25.9. The van der Waals surface area contributed by atoms with Crippen LogP contribution in [0, 0.1) is 28.8 Å². The molecular formula is C13H14F3NO. The lowest BCUT2D eigenvalue weighted by molar-refractivity contribution is -0.126. The summed E-state index contributed by atoms with van der Waals surface area (Å²) >= 11 is 0. The Kier molecular flexibility index (Phi) is 3.09. The zero-order chi connectivity index (χ0) is 13.5. The Morgan fingerprint density at radius 3 is 2.61 bits per heavy atom.